The number of rotatable bonds is 7. The van der Waals surface area contributed by atoms with Gasteiger partial charge in [-0.25, -0.2) is 0 Å². The van der Waals surface area contributed by atoms with Crippen molar-refractivity contribution in [3.05, 3.63) is 64.7 Å². The van der Waals surface area contributed by atoms with E-state index in [1.54, 1.807) is 53.4 Å². The Morgan fingerprint density at radius 1 is 1.09 bits per heavy atom. The smallest absolute Gasteiger partial charge is 0.255 e. The van der Waals surface area contributed by atoms with Crippen molar-refractivity contribution < 1.29 is 14.4 Å². The van der Waals surface area contributed by atoms with E-state index in [-0.39, 0.29) is 23.6 Å². The average Bonchev–Trinajstić information content (AvgIpc) is 2.79. The lowest BCUT2D eigenvalue weighted by atomic mass is 9.96. The molecule has 1 unspecified atom stereocenters. The van der Waals surface area contributed by atoms with Crippen molar-refractivity contribution in [1.82, 2.24) is 10.2 Å². The molecule has 7 heteroatoms. The van der Waals surface area contributed by atoms with Crippen LogP contribution in [0, 0.1) is 11.8 Å². The van der Waals surface area contributed by atoms with Crippen LogP contribution >= 0.6 is 11.6 Å². The molecule has 1 fully saturated rings. The van der Waals surface area contributed by atoms with Gasteiger partial charge < -0.3 is 15.5 Å². The number of nitrogens with zero attached hydrogens (tertiary/aromatic N) is 1. The molecule has 2 N–H and O–H groups in total. The van der Waals surface area contributed by atoms with Crippen molar-refractivity contribution in [2.24, 2.45) is 11.8 Å². The van der Waals surface area contributed by atoms with Gasteiger partial charge in [-0.05, 0) is 67.6 Å². The predicted octanol–water partition coefficient (Wildman–Crippen LogP) is 4.61. The van der Waals surface area contributed by atoms with Crippen molar-refractivity contribution >= 4 is 35.0 Å². The zero-order chi connectivity index (χ0) is 23.1. The minimum atomic E-state index is -0.276. The van der Waals surface area contributed by atoms with Crippen LogP contribution in [-0.4, -0.2) is 42.3 Å². The standard InChI is InChI=1S/C25H30ClN3O3/c1-17(2)12-13-27-23(30)20-6-4-14-29(16-20)25(32)19-5-3-7-22(15-19)28-24(31)18-8-10-21(26)11-9-18/h3,5,7-11,15,17,20H,4,6,12-14,16H2,1-2H3,(H,27,30)(H,28,31). The molecule has 170 valence electrons. The maximum absolute atomic E-state index is 13.1. The summed E-state index contributed by atoms with van der Waals surface area (Å²) < 4.78 is 0. The molecule has 1 heterocycles. The fourth-order valence-electron chi connectivity index (χ4n) is 3.72. The predicted molar refractivity (Wildman–Crippen MR) is 127 cm³/mol. The van der Waals surface area contributed by atoms with Crippen molar-refractivity contribution in [1.29, 1.82) is 0 Å². The number of benzene rings is 2. The lowest BCUT2D eigenvalue weighted by Gasteiger charge is -2.32. The Morgan fingerprint density at radius 3 is 2.56 bits per heavy atom. The second-order valence-corrected chi connectivity index (χ2v) is 9.04. The van der Waals surface area contributed by atoms with E-state index in [0.717, 1.165) is 19.3 Å². The summed E-state index contributed by atoms with van der Waals surface area (Å²) in [6.45, 7) is 5.94. The number of halogens is 1. The van der Waals surface area contributed by atoms with Crippen LogP contribution < -0.4 is 10.6 Å². The van der Waals surface area contributed by atoms with Crippen LogP contribution in [0.5, 0.6) is 0 Å². The van der Waals surface area contributed by atoms with E-state index in [1.165, 1.54) is 0 Å². The van der Waals surface area contributed by atoms with Gasteiger partial charge in [0.2, 0.25) is 5.91 Å². The van der Waals surface area contributed by atoms with E-state index in [0.29, 0.717) is 47.4 Å². The molecular formula is C25H30ClN3O3. The van der Waals surface area contributed by atoms with Gasteiger partial charge in [0, 0.05) is 41.5 Å². The summed E-state index contributed by atoms with van der Waals surface area (Å²) in [5.41, 5.74) is 1.50. The number of amides is 3. The number of carbonyl (C=O) groups excluding carboxylic acids is 3. The van der Waals surface area contributed by atoms with E-state index in [1.807, 2.05) is 0 Å². The molecule has 32 heavy (non-hydrogen) atoms. The van der Waals surface area contributed by atoms with Crippen molar-refractivity contribution in [3.8, 4) is 0 Å². The molecule has 2 aromatic rings. The molecule has 0 saturated carbocycles. The molecular weight excluding hydrogens is 426 g/mol. The Kier molecular flexibility index (Phi) is 8.28. The highest BCUT2D eigenvalue weighted by Gasteiger charge is 2.29. The first-order valence-corrected chi connectivity index (χ1v) is 11.4. The third-order valence-corrected chi connectivity index (χ3v) is 5.83. The molecule has 0 bridgehead atoms. The summed E-state index contributed by atoms with van der Waals surface area (Å²) in [7, 11) is 0. The number of hydrogen-bond donors (Lipinski definition) is 2. The van der Waals surface area contributed by atoms with Gasteiger partial charge in [0.1, 0.15) is 0 Å². The van der Waals surface area contributed by atoms with E-state index < -0.39 is 0 Å². The van der Waals surface area contributed by atoms with E-state index in [9.17, 15) is 14.4 Å². The van der Waals surface area contributed by atoms with Crippen molar-refractivity contribution in [2.75, 3.05) is 25.0 Å². The van der Waals surface area contributed by atoms with E-state index >= 15 is 0 Å². The number of anilines is 1. The van der Waals surface area contributed by atoms with E-state index in [4.69, 9.17) is 11.6 Å². The SMILES string of the molecule is CC(C)CCNC(=O)C1CCCN(C(=O)c2cccc(NC(=O)c3ccc(Cl)cc3)c2)C1. The summed E-state index contributed by atoms with van der Waals surface area (Å²) in [6, 6.07) is 13.5. The topological polar surface area (TPSA) is 78.5 Å². The largest absolute Gasteiger partial charge is 0.356 e. The maximum Gasteiger partial charge on any atom is 0.255 e. The summed E-state index contributed by atoms with van der Waals surface area (Å²) in [6.07, 6.45) is 2.52. The van der Waals surface area contributed by atoms with Gasteiger partial charge in [-0.15, -0.1) is 0 Å². The normalized spacial score (nSPS) is 16.0. The first-order chi connectivity index (χ1) is 15.3. The monoisotopic (exact) mass is 455 g/mol. The van der Waals surface area contributed by atoms with Crippen LogP contribution in [0.3, 0.4) is 0 Å². The highest BCUT2D eigenvalue weighted by Crippen LogP contribution is 2.21. The third kappa shape index (κ3) is 6.57. The molecule has 2 aromatic carbocycles. The zero-order valence-corrected chi connectivity index (χ0v) is 19.3. The first kappa shape index (κ1) is 23.8. The molecule has 3 amide bonds. The lowest BCUT2D eigenvalue weighted by molar-refractivity contribution is -0.126. The Labute approximate surface area is 194 Å². The summed E-state index contributed by atoms with van der Waals surface area (Å²) >= 11 is 5.87. The van der Waals surface area contributed by atoms with Crippen molar-refractivity contribution in [3.63, 3.8) is 0 Å². The fourth-order valence-corrected chi connectivity index (χ4v) is 3.85. The van der Waals surface area contributed by atoms with Crippen molar-refractivity contribution in [2.45, 2.75) is 33.1 Å². The van der Waals surface area contributed by atoms with Gasteiger partial charge in [-0.3, -0.25) is 14.4 Å². The number of piperidine rings is 1. The maximum atomic E-state index is 13.1. The van der Waals surface area contributed by atoms with Crippen LogP contribution in [0.25, 0.3) is 0 Å². The van der Waals surface area contributed by atoms with Crippen LogP contribution in [-0.2, 0) is 4.79 Å². The second kappa shape index (κ2) is 11.1. The second-order valence-electron chi connectivity index (χ2n) is 8.61. The minimum Gasteiger partial charge on any atom is -0.356 e. The van der Waals surface area contributed by atoms with Gasteiger partial charge >= 0.3 is 0 Å². The Balaban J connectivity index is 1.61. The fraction of sp³-hybridized carbons (Fsp3) is 0.400. The molecule has 6 nitrogen and oxygen atoms in total. The summed E-state index contributed by atoms with van der Waals surface area (Å²) in [5.74, 6) is -0.0402. The molecule has 1 atom stereocenters. The molecule has 1 aliphatic heterocycles. The molecule has 0 aromatic heterocycles. The Bertz CT molecular complexity index is 959. The van der Waals surface area contributed by atoms with Crippen LogP contribution in [0.1, 0.15) is 53.8 Å². The minimum absolute atomic E-state index is 0.0205. The number of nitrogens with one attached hydrogen (secondary N) is 2. The van der Waals surface area contributed by atoms with Crippen LogP contribution in [0.2, 0.25) is 5.02 Å². The van der Waals surface area contributed by atoms with E-state index in [2.05, 4.69) is 24.5 Å². The van der Waals surface area contributed by atoms with Crippen LogP contribution in [0.4, 0.5) is 5.69 Å². The number of likely N-dealkylation sites (tertiary alicyclic amines) is 1. The first-order valence-electron chi connectivity index (χ1n) is 11.1. The third-order valence-electron chi connectivity index (χ3n) is 5.57. The number of hydrogen-bond acceptors (Lipinski definition) is 3. The highest BCUT2D eigenvalue weighted by atomic mass is 35.5. The lowest BCUT2D eigenvalue weighted by Crippen LogP contribution is -2.45. The molecule has 1 saturated heterocycles. The number of carbonyl (C=O) groups is 3. The molecule has 1 aliphatic rings. The molecule has 3 rings (SSSR count). The van der Waals surface area contributed by atoms with Gasteiger partial charge in [0.05, 0.1) is 5.92 Å². The van der Waals surface area contributed by atoms with Gasteiger partial charge in [0.25, 0.3) is 11.8 Å². The molecule has 0 radical (unpaired) electrons. The molecule has 0 spiro atoms. The average molecular weight is 456 g/mol. The Morgan fingerprint density at radius 2 is 1.84 bits per heavy atom. The Hall–Kier alpha value is -2.86. The zero-order valence-electron chi connectivity index (χ0n) is 18.6. The quantitative estimate of drug-likeness (QED) is 0.640. The summed E-state index contributed by atoms with van der Waals surface area (Å²) in [5, 5.41) is 6.38. The van der Waals surface area contributed by atoms with Gasteiger partial charge in [0.15, 0.2) is 0 Å². The van der Waals surface area contributed by atoms with Crippen LogP contribution in [0.15, 0.2) is 48.5 Å². The summed E-state index contributed by atoms with van der Waals surface area (Å²) in [4.78, 5) is 39.8. The highest BCUT2D eigenvalue weighted by molar-refractivity contribution is 6.30. The van der Waals surface area contributed by atoms with Gasteiger partial charge in [-0.1, -0.05) is 31.5 Å². The van der Waals surface area contributed by atoms with Gasteiger partial charge in [-0.2, -0.15) is 0 Å². The molecule has 0 aliphatic carbocycles.